The van der Waals surface area contributed by atoms with Gasteiger partial charge in [0, 0.05) is 31.0 Å². The Morgan fingerprint density at radius 2 is 2.42 bits per heavy atom. The molecule has 2 rings (SSSR count). The number of rotatable bonds is 4. The molecule has 1 fully saturated rings. The SMILES string of the molecule is OCCCn1cncc1C1CC1. The average Bonchev–Trinajstić information content (AvgIpc) is 2.83. The van der Waals surface area contributed by atoms with Gasteiger partial charge in [0.15, 0.2) is 0 Å². The summed E-state index contributed by atoms with van der Waals surface area (Å²) in [6.07, 6.45) is 7.27. The lowest BCUT2D eigenvalue weighted by molar-refractivity contribution is 0.279. The van der Waals surface area contributed by atoms with E-state index < -0.39 is 0 Å². The Morgan fingerprint density at radius 3 is 3.08 bits per heavy atom. The van der Waals surface area contributed by atoms with E-state index in [1.54, 1.807) is 0 Å². The van der Waals surface area contributed by atoms with Gasteiger partial charge >= 0.3 is 0 Å². The number of imidazole rings is 1. The maximum atomic E-state index is 8.68. The minimum Gasteiger partial charge on any atom is -0.396 e. The molecule has 66 valence electrons. The summed E-state index contributed by atoms with van der Waals surface area (Å²) in [6.45, 7) is 1.17. The fourth-order valence-electron chi connectivity index (χ4n) is 1.48. The van der Waals surface area contributed by atoms with Crippen LogP contribution < -0.4 is 0 Å². The van der Waals surface area contributed by atoms with Gasteiger partial charge in [-0.25, -0.2) is 4.98 Å². The first-order chi connectivity index (χ1) is 5.92. The molecule has 0 saturated heterocycles. The van der Waals surface area contributed by atoms with Crippen LogP contribution in [0.2, 0.25) is 0 Å². The van der Waals surface area contributed by atoms with Crippen LogP contribution >= 0.6 is 0 Å². The van der Waals surface area contributed by atoms with E-state index >= 15 is 0 Å². The lowest BCUT2D eigenvalue weighted by atomic mass is 10.3. The van der Waals surface area contributed by atoms with Crippen molar-refractivity contribution in [1.29, 1.82) is 0 Å². The van der Waals surface area contributed by atoms with Crippen LogP contribution in [0.1, 0.15) is 30.9 Å². The normalized spacial score (nSPS) is 16.8. The van der Waals surface area contributed by atoms with Gasteiger partial charge in [-0.1, -0.05) is 0 Å². The average molecular weight is 166 g/mol. The summed E-state index contributed by atoms with van der Waals surface area (Å²) < 4.78 is 2.16. The summed E-state index contributed by atoms with van der Waals surface area (Å²) >= 11 is 0. The molecule has 1 aromatic rings. The molecular formula is C9H14N2O. The van der Waals surface area contributed by atoms with E-state index in [2.05, 4.69) is 9.55 Å². The minimum atomic E-state index is 0.266. The molecule has 0 unspecified atom stereocenters. The zero-order chi connectivity index (χ0) is 8.39. The van der Waals surface area contributed by atoms with Gasteiger partial charge in [-0.15, -0.1) is 0 Å². The van der Waals surface area contributed by atoms with Gasteiger partial charge < -0.3 is 9.67 Å². The van der Waals surface area contributed by atoms with Crippen LogP contribution in [0.25, 0.3) is 0 Å². The summed E-state index contributed by atoms with van der Waals surface area (Å²) in [6, 6.07) is 0. The number of hydrogen-bond donors (Lipinski definition) is 1. The molecule has 0 amide bonds. The number of aromatic nitrogens is 2. The highest BCUT2D eigenvalue weighted by Crippen LogP contribution is 2.39. The second-order valence-electron chi connectivity index (χ2n) is 3.36. The minimum absolute atomic E-state index is 0.266. The first-order valence-electron chi connectivity index (χ1n) is 4.52. The van der Waals surface area contributed by atoms with Crippen molar-refractivity contribution in [2.75, 3.05) is 6.61 Å². The molecule has 0 atom stereocenters. The monoisotopic (exact) mass is 166 g/mol. The van der Waals surface area contributed by atoms with E-state index in [1.165, 1.54) is 18.5 Å². The number of aliphatic hydroxyl groups excluding tert-OH is 1. The zero-order valence-electron chi connectivity index (χ0n) is 7.11. The van der Waals surface area contributed by atoms with Gasteiger partial charge in [0.1, 0.15) is 0 Å². The Hall–Kier alpha value is -0.830. The van der Waals surface area contributed by atoms with Crippen molar-refractivity contribution in [3.63, 3.8) is 0 Å². The second-order valence-corrected chi connectivity index (χ2v) is 3.36. The molecule has 3 nitrogen and oxygen atoms in total. The van der Waals surface area contributed by atoms with E-state index in [-0.39, 0.29) is 6.61 Å². The van der Waals surface area contributed by atoms with Crippen molar-refractivity contribution in [3.8, 4) is 0 Å². The van der Waals surface area contributed by atoms with Crippen molar-refractivity contribution in [1.82, 2.24) is 9.55 Å². The van der Waals surface area contributed by atoms with E-state index in [0.717, 1.165) is 18.9 Å². The van der Waals surface area contributed by atoms with Gasteiger partial charge in [0.2, 0.25) is 0 Å². The predicted molar refractivity (Wildman–Crippen MR) is 45.9 cm³/mol. The number of aryl methyl sites for hydroxylation is 1. The van der Waals surface area contributed by atoms with Crippen LogP contribution in [0.5, 0.6) is 0 Å². The zero-order valence-corrected chi connectivity index (χ0v) is 7.11. The molecule has 0 bridgehead atoms. The van der Waals surface area contributed by atoms with Crippen molar-refractivity contribution in [2.45, 2.75) is 31.7 Å². The fourth-order valence-corrected chi connectivity index (χ4v) is 1.48. The molecule has 3 heteroatoms. The molecule has 0 aromatic carbocycles. The van der Waals surface area contributed by atoms with Crippen LogP contribution in [0, 0.1) is 0 Å². The Kier molecular flexibility index (Phi) is 2.13. The maximum Gasteiger partial charge on any atom is 0.0948 e. The van der Waals surface area contributed by atoms with E-state index in [9.17, 15) is 0 Å². The highest BCUT2D eigenvalue weighted by molar-refractivity contribution is 5.12. The van der Waals surface area contributed by atoms with Crippen LogP contribution in [0.3, 0.4) is 0 Å². The summed E-state index contributed by atoms with van der Waals surface area (Å²) in [4.78, 5) is 4.12. The van der Waals surface area contributed by atoms with Gasteiger partial charge in [0.05, 0.1) is 6.33 Å². The summed E-state index contributed by atoms with van der Waals surface area (Å²) in [5.41, 5.74) is 1.35. The molecule has 1 N–H and O–H groups in total. The van der Waals surface area contributed by atoms with Gasteiger partial charge in [0.25, 0.3) is 0 Å². The summed E-state index contributed by atoms with van der Waals surface area (Å²) in [7, 11) is 0. The second kappa shape index (κ2) is 3.27. The van der Waals surface area contributed by atoms with E-state index in [0.29, 0.717) is 0 Å². The number of nitrogens with zero attached hydrogens (tertiary/aromatic N) is 2. The van der Waals surface area contributed by atoms with E-state index in [1.807, 2.05) is 12.5 Å². The quantitative estimate of drug-likeness (QED) is 0.728. The van der Waals surface area contributed by atoms with E-state index in [4.69, 9.17) is 5.11 Å². The lowest BCUT2D eigenvalue weighted by Gasteiger charge is -2.04. The molecule has 0 radical (unpaired) electrons. The molecule has 12 heavy (non-hydrogen) atoms. The predicted octanol–water partition coefficient (Wildman–Crippen LogP) is 1.14. The highest BCUT2D eigenvalue weighted by Gasteiger charge is 2.26. The Bertz CT molecular complexity index is 253. The van der Waals surface area contributed by atoms with Crippen molar-refractivity contribution >= 4 is 0 Å². The van der Waals surface area contributed by atoms with Gasteiger partial charge in [-0.2, -0.15) is 0 Å². The lowest BCUT2D eigenvalue weighted by Crippen LogP contribution is -2.02. The van der Waals surface area contributed by atoms with Gasteiger partial charge in [-0.05, 0) is 19.3 Å². The van der Waals surface area contributed by atoms with Gasteiger partial charge in [-0.3, -0.25) is 0 Å². The van der Waals surface area contributed by atoms with Crippen LogP contribution in [0.15, 0.2) is 12.5 Å². The summed E-state index contributed by atoms with van der Waals surface area (Å²) in [5, 5.41) is 8.68. The molecular weight excluding hydrogens is 152 g/mol. The molecule has 1 saturated carbocycles. The molecule has 1 aliphatic carbocycles. The third-order valence-corrected chi connectivity index (χ3v) is 2.30. The fraction of sp³-hybridized carbons (Fsp3) is 0.667. The Labute approximate surface area is 72.0 Å². The Balaban J connectivity index is 2.03. The first-order valence-corrected chi connectivity index (χ1v) is 4.52. The van der Waals surface area contributed by atoms with Crippen molar-refractivity contribution in [2.24, 2.45) is 0 Å². The molecule has 1 heterocycles. The van der Waals surface area contributed by atoms with Crippen LogP contribution in [0.4, 0.5) is 0 Å². The first kappa shape index (κ1) is 7.80. The molecule has 1 aliphatic rings. The highest BCUT2D eigenvalue weighted by atomic mass is 16.3. The molecule has 0 aliphatic heterocycles. The van der Waals surface area contributed by atoms with Crippen molar-refractivity contribution in [3.05, 3.63) is 18.2 Å². The van der Waals surface area contributed by atoms with Crippen LogP contribution in [-0.4, -0.2) is 21.3 Å². The topological polar surface area (TPSA) is 38.0 Å². The van der Waals surface area contributed by atoms with Crippen LogP contribution in [-0.2, 0) is 6.54 Å². The number of hydrogen-bond acceptors (Lipinski definition) is 2. The third kappa shape index (κ3) is 1.50. The number of aliphatic hydroxyl groups is 1. The summed E-state index contributed by atoms with van der Waals surface area (Å²) in [5.74, 6) is 0.756. The standard InChI is InChI=1S/C9H14N2O/c12-5-1-4-11-7-10-6-9(11)8-2-3-8/h6-8,12H,1-5H2. The third-order valence-electron chi connectivity index (χ3n) is 2.30. The maximum absolute atomic E-state index is 8.68. The Morgan fingerprint density at radius 1 is 1.58 bits per heavy atom. The van der Waals surface area contributed by atoms with Crippen molar-refractivity contribution < 1.29 is 5.11 Å². The molecule has 1 aromatic heterocycles. The smallest absolute Gasteiger partial charge is 0.0948 e. The molecule has 0 spiro atoms. The largest absolute Gasteiger partial charge is 0.396 e.